The van der Waals surface area contributed by atoms with Gasteiger partial charge in [0.2, 0.25) is 11.7 Å². The molecule has 0 unspecified atom stereocenters. The molecule has 2 aromatic heterocycles. The average Bonchev–Trinajstić information content (AvgIpc) is 3.24. The Kier molecular flexibility index (Phi) is 5.44. The first-order valence-corrected chi connectivity index (χ1v) is 9.22. The molecule has 0 saturated heterocycles. The van der Waals surface area contributed by atoms with Gasteiger partial charge in [0.15, 0.2) is 5.69 Å². The van der Waals surface area contributed by atoms with E-state index in [2.05, 4.69) is 47.8 Å². The topological polar surface area (TPSA) is 66.0 Å². The molecule has 27 heavy (non-hydrogen) atoms. The highest BCUT2D eigenvalue weighted by molar-refractivity contribution is 5.61. The van der Waals surface area contributed by atoms with E-state index in [4.69, 9.17) is 9.26 Å². The van der Waals surface area contributed by atoms with Crippen molar-refractivity contribution in [1.82, 2.24) is 19.9 Å². The summed E-state index contributed by atoms with van der Waals surface area (Å²) < 4.78 is 13.1. The minimum atomic E-state index is 0.0677. The van der Waals surface area contributed by atoms with Crippen molar-refractivity contribution in [2.24, 2.45) is 0 Å². The van der Waals surface area contributed by atoms with Gasteiger partial charge in [-0.1, -0.05) is 11.2 Å². The van der Waals surface area contributed by atoms with Crippen molar-refractivity contribution < 1.29 is 9.26 Å². The van der Waals surface area contributed by atoms with Crippen LogP contribution in [0.3, 0.4) is 0 Å². The lowest BCUT2D eigenvalue weighted by molar-refractivity contribution is 0.218. The van der Waals surface area contributed by atoms with Crippen LogP contribution in [0.15, 0.2) is 35.4 Å². The predicted octanol–water partition coefficient (Wildman–Crippen LogP) is 4.75. The summed E-state index contributed by atoms with van der Waals surface area (Å²) in [4.78, 5) is 4.55. The van der Waals surface area contributed by atoms with Crippen LogP contribution in [0.25, 0.3) is 23.0 Å². The Bertz CT molecular complexity index is 930. The third-order valence-corrected chi connectivity index (χ3v) is 4.35. The molecular formula is C21H26N4O2. The SMILES string of the molecule is C=CCc1c(C)cc(-c2noc(-c3cc(OC(C)C)n(CC)n3)n2)cc1C. The van der Waals surface area contributed by atoms with Crippen molar-refractivity contribution in [3.63, 3.8) is 0 Å². The van der Waals surface area contributed by atoms with E-state index in [0.717, 1.165) is 12.0 Å². The molecule has 0 aliphatic heterocycles. The summed E-state index contributed by atoms with van der Waals surface area (Å²) in [5, 5.41) is 8.67. The molecule has 0 radical (unpaired) electrons. The van der Waals surface area contributed by atoms with Crippen molar-refractivity contribution in [1.29, 1.82) is 0 Å². The molecule has 0 amide bonds. The Morgan fingerprint density at radius 3 is 2.52 bits per heavy atom. The fraction of sp³-hybridized carbons (Fsp3) is 0.381. The number of hydrogen-bond donors (Lipinski definition) is 0. The van der Waals surface area contributed by atoms with Crippen molar-refractivity contribution in [3.05, 3.63) is 47.5 Å². The van der Waals surface area contributed by atoms with Crippen LogP contribution < -0.4 is 4.74 Å². The lowest BCUT2D eigenvalue weighted by atomic mass is 9.97. The Hall–Kier alpha value is -2.89. The molecule has 0 aliphatic rings. The monoisotopic (exact) mass is 366 g/mol. The van der Waals surface area contributed by atoms with Gasteiger partial charge in [0.1, 0.15) is 0 Å². The molecule has 0 spiro atoms. The second-order valence-corrected chi connectivity index (χ2v) is 6.85. The van der Waals surface area contributed by atoms with E-state index >= 15 is 0 Å². The van der Waals surface area contributed by atoms with Gasteiger partial charge in [0.25, 0.3) is 5.89 Å². The molecule has 3 aromatic rings. The first kappa shape index (κ1) is 18.9. The predicted molar refractivity (Wildman–Crippen MR) is 106 cm³/mol. The fourth-order valence-corrected chi connectivity index (χ4v) is 3.10. The first-order valence-electron chi connectivity index (χ1n) is 9.22. The summed E-state index contributed by atoms with van der Waals surface area (Å²) in [6.45, 7) is 14.7. The summed E-state index contributed by atoms with van der Waals surface area (Å²) in [6, 6.07) is 6.00. The van der Waals surface area contributed by atoms with Gasteiger partial charge >= 0.3 is 0 Å². The quantitative estimate of drug-likeness (QED) is 0.564. The Morgan fingerprint density at radius 1 is 1.22 bits per heavy atom. The molecule has 6 heteroatoms. The van der Waals surface area contributed by atoms with E-state index in [-0.39, 0.29) is 6.10 Å². The lowest BCUT2D eigenvalue weighted by Gasteiger charge is -2.09. The summed E-state index contributed by atoms with van der Waals surface area (Å²) in [7, 11) is 0. The molecule has 0 atom stereocenters. The Morgan fingerprint density at radius 2 is 1.93 bits per heavy atom. The van der Waals surface area contributed by atoms with E-state index in [9.17, 15) is 0 Å². The molecule has 1 aromatic carbocycles. The largest absolute Gasteiger partial charge is 0.475 e. The highest BCUT2D eigenvalue weighted by atomic mass is 16.5. The van der Waals surface area contributed by atoms with Crippen molar-refractivity contribution >= 4 is 0 Å². The maximum Gasteiger partial charge on any atom is 0.278 e. The van der Waals surface area contributed by atoms with Crippen molar-refractivity contribution in [2.45, 2.75) is 53.7 Å². The van der Waals surface area contributed by atoms with E-state index in [1.165, 1.54) is 16.7 Å². The molecule has 142 valence electrons. The Balaban J connectivity index is 1.93. The normalized spacial score (nSPS) is 11.2. The van der Waals surface area contributed by atoms with Crippen LogP contribution in [0.4, 0.5) is 0 Å². The number of aryl methyl sites for hydroxylation is 3. The van der Waals surface area contributed by atoms with Crippen LogP contribution in [0.1, 0.15) is 37.5 Å². The van der Waals surface area contributed by atoms with Crippen molar-refractivity contribution in [2.75, 3.05) is 0 Å². The van der Waals surface area contributed by atoms with Crippen LogP contribution in [0.5, 0.6) is 5.88 Å². The molecule has 0 aliphatic carbocycles. The minimum Gasteiger partial charge on any atom is -0.475 e. The number of aromatic nitrogens is 4. The van der Waals surface area contributed by atoms with E-state index in [1.54, 1.807) is 4.68 Å². The van der Waals surface area contributed by atoms with Gasteiger partial charge in [-0.3, -0.25) is 0 Å². The van der Waals surface area contributed by atoms with Gasteiger partial charge in [-0.15, -0.1) is 6.58 Å². The standard InChI is InChI=1S/C21H26N4O2/c1-7-9-17-14(5)10-16(11-15(17)6)20-22-21(27-24-20)18-12-19(26-13(3)4)25(8-2)23-18/h7,10-13H,1,8-9H2,2-6H3. The number of benzene rings is 1. The van der Waals surface area contributed by atoms with E-state index in [1.807, 2.05) is 32.9 Å². The number of ether oxygens (including phenoxy) is 1. The molecule has 0 saturated carbocycles. The summed E-state index contributed by atoms with van der Waals surface area (Å²) >= 11 is 0. The molecule has 0 bridgehead atoms. The molecule has 0 fully saturated rings. The summed E-state index contributed by atoms with van der Waals surface area (Å²) in [5.74, 6) is 1.64. The van der Waals surface area contributed by atoms with Crippen LogP contribution in [0.2, 0.25) is 0 Å². The first-order chi connectivity index (χ1) is 12.9. The fourth-order valence-electron chi connectivity index (χ4n) is 3.10. The van der Waals surface area contributed by atoms with Gasteiger partial charge in [0.05, 0.1) is 6.10 Å². The number of hydrogen-bond acceptors (Lipinski definition) is 5. The minimum absolute atomic E-state index is 0.0677. The molecule has 6 nitrogen and oxygen atoms in total. The highest BCUT2D eigenvalue weighted by Crippen LogP contribution is 2.28. The van der Waals surface area contributed by atoms with Gasteiger partial charge in [0, 0.05) is 18.2 Å². The second-order valence-electron chi connectivity index (χ2n) is 6.85. The average molecular weight is 366 g/mol. The molecular weight excluding hydrogens is 340 g/mol. The van der Waals surface area contributed by atoms with Crippen LogP contribution >= 0.6 is 0 Å². The zero-order valence-electron chi connectivity index (χ0n) is 16.6. The Labute approximate surface area is 159 Å². The molecule has 2 heterocycles. The number of nitrogens with zero attached hydrogens (tertiary/aromatic N) is 4. The third-order valence-electron chi connectivity index (χ3n) is 4.35. The van der Waals surface area contributed by atoms with Gasteiger partial charge in [-0.2, -0.15) is 10.1 Å². The molecule has 0 N–H and O–H groups in total. The number of rotatable bonds is 7. The highest BCUT2D eigenvalue weighted by Gasteiger charge is 2.18. The maximum absolute atomic E-state index is 5.80. The third kappa shape index (κ3) is 3.94. The van der Waals surface area contributed by atoms with E-state index in [0.29, 0.717) is 29.8 Å². The lowest BCUT2D eigenvalue weighted by Crippen LogP contribution is -2.10. The zero-order valence-corrected chi connectivity index (χ0v) is 16.6. The van der Waals surface area contributed by atoms with Gasteiger partial charge in [-0.05, 0) is 69.9 Å². The number of allylic oxidation sites excluding steroid dienone is 1. The van der Waals surface area contributed by atoms with Crippen LogP contribution in [0, 0.1) is 13.8 Å². The zero-order chi connectivity index (χ0) is 19.6. The summed E-state index contributed by atoms with van der Waals surface area (Å²) in [5.41, 5.74) is 5.22. The van der Waals surface area contributed by atoms with Gasteiger partial charge in [-0.25, -0.2) is 4.68 Å². The van der Waals surface area contributed by atoms with Crippen LogP contribution in [-0.4, -0.2) is 26.0 Å². The maximum atomic E-state index is 5.80. The smallest absolute Gasteiger partial charge is 0.278 e. The summed E-state index contributed by atoms with van der Waals surface area (Å²) in [6.07, 6.45) is 2.84. The van der Waals surface area contributed by atoms with Crippen LogP contribution in [-0.2, 0) is 13.0 Å². The van der Waals surface area contributed by atoms with Crippen molar-refractivity contribution in [3.8, 4) is 28.9 Å². The van der Waals surface area contributed by atoms with Gasteiger partial charge < -0.3 is 9.26 Å². The molecule has 3 rings (SSSR count). The van der Waals surface area contributed by atoms with E-state index < -0.39 is 0 Å². The second kappa shape index (κ2) is 7.78.